The van der Waals surface area contributed by atoms with Gasteiger partial charge in [0.2, 0.25) is 0 Å². The third-order valence-corrected chi connectivity index (χ3v) is 3.17. The maximum atomic E-state index is 11.9. The molecule has 0 spiro atoms. The fourth-order valence-electron chi connectivity index (χ4n) is 1.49. The van der Waals surface area contributed by atoms with Gasteiger partial charge in [-0.05, 0) is 31.0 Å². The van der Waals surface area contributed by atoms with Gasteiger partial charge in [0, 0.05) is 10.2 Å². The van der Waals surface area contributed by atoms with Gasteiger partial charge in [0.25, 0.3) is 0 Å². The van der Waals surface area contributed by atoms with E-state index in [1.54, 1.807) is 19.1 Å². The Labute approximate surface area is 126 Å². The van der Waals surface area contributed by atoms with Gasteiger partial charge in [0.1, 0.15) is 0 Å². The molecule has 0 saturated carbocycles. The number of halogens is 1. The minimum absolute atomic E-state index is 0.332. The number of nitrogens with two attached hydrogens (primary N) is 1. The van der Waals surface area contributed by atoms with Gasteiger partial charge in [0.15, 0.2) is 6.61 Å². The van der Waals surface area contributed by atoms with Crippen molar-refractivity contribution in [1.82, 2.24) is 0 Å². The first-order valence-electron chi connectivity index (χ1n) is 6.34. The molecule has 0 saturated heterocycles. The molecule has 1 aromatic carbocycles. The summed E-state index contributed by atoms with van der Waals surface area (Å²) in [5.74, 6) is -1.14. The van der Waals surface area contributed by atoms with Crippen LogP contribution in [0.25, 0.3) is 0 Å². The lowest BCUT2D eigenvalue weighted by Gasteiger charge is -2.09. The molecule has 20 heavy (non-hydrogen) atoms. The highest BCUT2D eigenvalue weighted by atomic mass is 79.9. The van der Waals surface area contributed by atoms with Crippen LogP contribution in [0.4, 0.5) is 5.69 Å². The van der Waals surface area contributed by atoms with Gasteiger partial charge < -0.3 is 15.2 Å². The molecule has 110 valence electrons. The average molecular weight is 344 g/mol. The summed E-state index contributed by atoms with van der Waals surface area (Å²) in [6.07, 6.45) is 1.73. The summed E-state index contributed by atoms with van der Waals surface area (Å²) in [5.41, 5.74) is 7.20. The topological polar surface area (TPSA) is 78.6 Å². The third-order valence-electron chi connectivity index (χ3n) is 2.71. The largest absolute Gasteiger partial charge is 0.463 e. The molecule has 0 fully saturated rings. The predicted octanol–water partition coefficient (Wildman–Crippen LogP) is 2.84. The first kappa shape index (κ1) is 16.5. The second-order valence-electron chi connectivity index (χ2n) is 4.32. The van der Waals surface area contributed by atoms with Gasteiger partial charge in [-0.25, -0.2) is 9.59 Å². The molecule has 0 bridgehead atoms. The molecule has 6 heteroatoms. The molecule has 0 amide bonds. The Bertz CT molecular complexity index is 502. The van der Waals surface area contributed by atoms with E-state index in [1.807, 2.05) is 6.92 Å². The van der Waals surface area contributed by atoms with Crippen molar-refractivity contribution in [3.05, 3.63) is 27.7 Å². The van der Waals surface area contributed by atoms with Crippen LogP contribution < -0.4 is 5.73 Å². The second-order valence-corrected chi connectivity index (χ2v) is 5.23. The SMILES string of the molecule is CCCCOC(=O)COC(=O)c1cc(Br)cc(N)c1C. The Balaban J connectivity index is 2.57. The van der Waals surface area contributed by atoms with E-state index in [1.165, 1.54) is 0 Å². The van der Waals surface area contributed by atoms with Crippen LogP contribution in [-0.4, -0.2) is 25.2 Å². The molecule has 0 heterocycles. The van der Waals surface area contributed by atoms with Crippen molar-refractivity contribution < 1.29 is 19.1 Å². The fourth-order valence-corrected chi connectivity index (χ4v) is 1.96. The Morgan fingerprint density at radius 1 is 1.30 bits per heavy atom. The van der Waals surface area contributed by atoms with E-state index in [4.69, 9.17) is 15.2 Å². The molecule has 0 aliphatic carbocycles. The molecule has 0 unspecified atom stereocenters. The van der Waals surface area contributed by atoms with Crippen LogP contribution in [0.5, 0.6) is 0 Å². The zero-order valence-electron chi connectivity index (χ0n) is 11.6. The number of carbonyl (C=O) groups is 2. The van der Waals surface area contributed by atoms with Crippen LogP contribution in [0.2, 0.25) is 0 Å². The smallest absolute Gasteiger partial charge is 0.344 e. The molecule has 0 atom stereocenters. The Morgan fingerprint density at radius 2 is 2.00 bits per heavy atom. The van der Waals surface area contributed by atoms with E-state index < -0.39 is 18.5 Å². The molecule has 0 radical (unpaired) electrons. The van der Waals surface area contributed by atoms with Gasteiger partial charge in [-0.2, -0.15) is 0 Å². The van der Waals surface area contributed by atoms with E-state index in [0.29, 0.717) is 27.9 Å². The summed E-state index contributed by atoms with van der Waals surface area (Å²) >= 11 is 3.26. The summed E-state index contributed by atoms with van der Waals surface area (Å²) in [5, 5.41) is 0. The summed E-state index contributed by atoms with van der Waals surface area (Å²) in [7, 11) is 0. The van der Waals surface area contributed by atoms with E-state index in [9.17, 15) is 9.59 Å². The Morgan fingerprint density at radius 3 is 2.65 bits per heavy atom. The summed E-state index contributed by atoms with van der Waals surface area (Å²) in [6, 6.07) is 3.31. The molecule has 1 aromatic rings. The number of unbranched alkanes of at least 4 members (excludes halogenated alkanes) is 1. The van der Waals surface area contributed by atoms with Crippen molar-refractivity contribution in [2.75, 3.05) is 18.9 Å². The predicted molar refractivity (Wildman–Crippen MR) is 79.4 cm³/mol. The molecule has 1 rings (SSSR count). The molecule has 5 nitrogen and oxygen atoms in total. The lowest BCUT2D eigenvalue weighted by atomic mass is 10.1. The highest BCUT2D eigenvalue weighted by molar-refractivity contribution is 9.10. The average Bonchev–Trinajstić information content (AvgIpc) is 2.40. The van der Waals surface area contributed by atoms with Gasteiger partial charge in [0.05, 0.1) is 12.2 Å². The first-order chi connectivity index (χ1) is 9.45. The van der Waals surface area contributed by atoms with Crippen molar-refractivity contribution in [2.45, 2.75) is 26.7 Å². The standard InChI is InChI=1S/C14H18BrNO4/c1-3-4-5-19-13(17)8-20-14(18)11-6-10(15)7-12(16)9(11)2/h6-7H,3-5,8,16H2,1-2H3. The van der Waals surface area contributed by atoms with Gasteiger partial charge >= 0.3 is 11.9 Å². The monoisotopic (exact) mass is 343 g/mol. The number of nitrogen functional groups attached to an aromatic ring is 1. The van der Waals surface area contributed by atoms with E-state index >= 15 is 0 Å². The molecule has 0 aliphatic rings. The van der Waals surface area contributed by atoms with Crippen molar-refractivity contribution >= 4 is 33.6 Å². The fraction of sp³-hybridized carbons (Fsp3) is 0.429. The van der Waals surface area contributed by atoms with E-state index in [-0.39, 0.29) is 0 Å². The van der Waals surface area contributed by atoms with E-state index in [0.717, 1.165) is 12.8 Å². The number of hydrogen-bond acceptors (Lipinski definition) is 5. The van der Waals surface area contributed by atoms with Crippen molar-refractivity contribution in [3.63, 3.8) is 0 Å². The second kappa shape index (κ2) is 7.89. The zero-order valence-corrected chi connectivity index (χ0v) is 13.2. The number of rotatable bonds is 6. The summed E-state index contributed by atoms with van der Waals surface area (Å²) in [4.78, 5) is 23.2. The third kappa shape index (κ3) is 4.85. The highest BCUT2D eigenvalue weighted by Gasteiger charge is 2.15. The van der Waals surface area contributed by atoms with E-state index in [2.05, 4.69) is 15.9 Å². The van der Waals surface area contributed by atoms with Crippen LogP contribution in [0.3, 0.4) is 0 Å². The molecular formula is C14H18BrNO4. The number of anilines is 1. The van der Waals surface area contributed by atoms with Gasteiger partial charge in [-0.15, -0.1) is 0 Å². The van der Waals surface area contributed by atoms with Crippen LogP contribution in [0.1, 0.15) is 35.7 Å². The molecule has 0 aliphatic heterocycles. The van der Waals surface area contributed by atoms with Crippen molar-refractivity contribution in [1.29, 1.82) is 0 Å². The first-order valence-corrected chi connectivity index (χ1v) is 7.13. The lowest BCUT2D eigenvalue weighted by Crippen LogP contribution is -2.18. The quantitative estimate of drug-likeness (QED) is 0.488. The van der Waals surface area contributed by atoms with Crippen LogP contribution in [0.15, 0.2) is 16.6 Å². The van der Waals surface area contributed by atoms with Gasteiger partial charge in [-0.3, -0.25) is 0 Å². The van der Waals surface area contributed by atoms with Crippen molar-refractivity contribution in [3.8, 4) is 0 Å². The Kier molecular flexibility index (Phi) is 6.51. The minimum Gasteiger partial charge on any atom is -0.463 e. The van der Waals surface area contributed by atoms with Crippen LogP contribution in [-0.2, 0) is 14.3 Å². The number of hydrogen-bond donors (Lipinski definition) is 1. The molecule has 0 aromatic heterocycles. The maximum Gasteiger partial charge on any atom is 0.344 e. The van der Waals surface area contributed by atoms with Gasteiger partial charge in [-0.1, -0.05) is 29.3 Å². The summed E-state index contributed by atoms with van der Waals surface area (Å²) in [6.45, 7) is 3.66. The van der Waals surface area contributed by atoms with Crippen LogP contribution in [0, 0.1) is 6.92 Å². The Hall–Kier alpha value is -1.56. The number of esters is 2. The van der Waals surface area contributed by atoms with Crippen molar-refractivity contribution in [2.24, 2.45) is 0 Å². The number of benzene rings is 1. The zero-order chi connectivity index (χ0) is 15.1. The normalized spacial score (nSPS) is 10.2. The number of carbonyl (C=O) groups excluding carboxylic acids is 2. The highest BCUT2D eigenvalue weighted by Crippen LogP contribution is 2.23. The minimum atomic E-state index is -0.594. The van der Waals surface area contributed by atoms with Crippen LogP contribution >= 0.6 is 15.9 Å². The molecular weight excluding hydrogens is 326 g/mol. The maximum absolute atomic E-state index is 11.9. The molecule has 2 N–H and O–H groups in total. The summed E-state index contributed by atoms with van der Waals surface area (Å²) < 4.78 is 10.5. The lowest BCUT2D eigenvalue weighted by molar-refractivity contribution is -0.147. The number of ether oxygens (including phenoxy) is 2.